The molecule has 2 unspecified atom stereocenters. The molecule has 1 fully saturated rings. The summed E-state index contributed by atoms with van der Waals surface area (Å²) in [4.78, 5) is 0.413. The van der Waals surface area contributed by atoms with Crippen LogP contribution in [0.4, 0.5) is 0 Å². The number of benzene rings is 1. The maximum Gasteiger partial charge on any atom is 0.183 e. The van der Waals surface area contributed by atoms with E-state index < -0.39 is 9.84 Å². The zero-order chi connectivity index (χ0) is 15.7. The Morgan fingerprint density at radius 2 is 2.00 bits per heavy atom. The Labute approximate surface area is 136 Å². The summed E-state index contributed by atoms with van der Waals surface area (Å²) in [5.41, 5.74) is 0.0743. The van der Waals surface area contributed by atoms with Crippen LogP contribution in [0, 0.1) is 5.41 Å². The fraction of sp³-hybridized carbons (Fsp3) is 0.625. The third kappa shape index (κ3) is 3.69. The molecule has 0 radical (unpaired) electrons. The molecule has 0 amide bonds. The molecule has 1 aromatic carbocycles. The van der Waals surface area contributed by atoms with E-state index in [0.717, 1.165) is 19.4 Å². The summed E-state index contributed by atoms with van der Waals surface area (Å²) < 4.78 is 26.9. The average molecular weight is 374 g/mol. The van der Waals surface area contributed by atoms with Gasteiger partial charge in [-0.15, -0.1) is 0 Å². The van der Waals surface area contributed by atoms with Crippen molar-refractivity contribution in [2.45, 2.75) is 56.2 Å². The summed E-state index contributed by atoms with van der Waals surface area (Å²) >= 11 is 3.39. The maximum absolute atomic E-state index is 13.1. The third-order valence-corrected chi connectivity index (χ3v) is 7.56. The second kappa shape index (κ2) is 6.39. The quantitative estimate of drug-likeness (QED) is 0.873. The average Bonchev–Trinajstić information content (AvgIpc) is 2.41. The Hall–Kier alpha value is -0.390. The van der Waals surface area contributed by atoms with Gasteiger partial charge in [0, 0.05) is 10.5 Å². The van der Waals surface area contributed by atoms with Crippen LogP contribution in [0.1, 0.15) is 40.0 Å². The van der Waals surface area contributed by atoms with Crippen LogP contribution in [-0.4, -0.2) is 26.3 Å². The molecule has 21 heavy (non-hydrogen) atoms. The first kappa shape index (κ1) is 17.0. The van der Waals surface area contributed by atoms with Crippen molar-refractivity contribution >= 4 is 25.8 Å². The Bertz CT molecular complexity index is 598. The second-order valence-corrected chi connectivity index (χ2v) is 9.57. The number of hydrogen-bond donors (Lipinski definition) is 1. The Kier molecular flexibility index (Phi) is 5.16. The number of hydrogen-bond acceptors (Lipinski definition) is 3. The van der Waals surface area contributed by atoms with Crippen LogP contribution in [0.5, 0.6) is 0 Å². The molecule has 0 spiro atoms. The van der Waals surface area contributed by atoms with Gasteiger partial charge < -0.3 is 5.32 Å². The summed E-state index contributed by atoms with van der Waals surface area (Å²) in [6.07, 6.45) is 2.68. The van der Waals surface area contributed by atoms with Gasteiger partial charge in [-0.05, 0) is 59.3 Å². The molecule has 2 atom stereocenters. The molecule has 118 valence electrons. The van der Waals surface area contributed by atoms with Crippen molar-refractivity contribution in [1.82, 2.24) is 5.32 Å². The molecule has 0 bridgehead atoms. The van der Waals surface area contributed by atoms with Gasteiger partial charge in [0.25, 0.3) is 0 Å². The topological polar surface area (TPSA) is 46.2 Å². The van der Waals surface area contributed by atoms with Crippen LogP contribution in [0.3, 0.4) is 0 Å². The highest BCUT2D eigenvalue weighted by molar-refractivity contribution is 9.10. The van der Waals surface area contributed by atoms with Gasteiger partial charge in [0.1, 0.15) is 0 Å². The summed E-state index contributed by atoms with van der Waals surface area (Å²) in [6, 6.07) is 7.16. The molecule has 1 aliphatic rings. The van der Waals surface area contributed by atoms with E-state index in [1.54, 1.807) is 18.2 Å². The van der Waals surface area contributed by atoms with E-state index in [1.165, 1.54) is 0 Å². The molecule has 0 aromatic heterocycles. The van der Waals surface area contributed by atoms with E-state index in [-0.39, 0.29) is 16.7 Å². The van der Waals surface area contributed by atoms with Crippen molar-refractivity contribution in [1.29, 1.82) is 0 Å². The van der Waals surface area contributed by atoms with E-state index in [2.05, 4.69) is 35.1 Å². The highest BCUT2D eigenvalue weighted by atomic mass is 79.9. The fourth-order valence-corrected chi connectivity index (χ4v) is 6.41. The standard InChI is InChI=1S/C16H24BrNO2S/c1-4-18-13-9-10-16(2,3)11-15(13)21(19,20)14-8-6-5-7-12(14)17/h5-8,13,15,18H,4,9-11H2,1-3H3. The second-order valence-electron chi connectivity index (χ2n) is 6.59. The molecule has 3 nitrogen and oxygen atoms in total. The zero-order valence-corrected chi connectivity index (χ0v) is 15.3. The van der Waals surface area contributed by atoms with Gasteiger partial charge in [-0.1, -0.05) is 32.9 Å². The summed E-state index contributed by atoms with van der Waals surface area (Å²) in [5, 5.41) is 3.01. The normalized spacial score (nSPS) is 25.7. The SMILES string of the molecule is CCNC1CCC(C)(C)CC1S(=O)(=O)c1ccccc1Br. The molecule has 2 rings (SSSR count). The van der Waals surface area contributed by atoms with Gasteiger partial charge >= 0.3 is 0 Å². The highest BCUT2D eigenvalue weighted by Gasteiger charge is 2.42. The molecule has 1 aliphatic carbocycles. The molecular weight excluding hydrogens is 350 g/mol. The predicted molar refractivity (Wildman–Crippen MR) is 90.2 cm³/mol. The van der Waals surface area contributed by atoms with E-state index in [4.69, 9.17) is 0 Å². The summed E-state index contributed by atoms with van der Waals surface area (Å²) in [7, 11) is -3.34. The monoisotopic (exact) mass is 373 g/mol. The molecule has 5 heteroatoms. The molecule has 0 aliphatic heterocycles. The lowest BCUT2D eigenvalue weighted by Gasteiger charge is -2.40. The molecule has 1 saturated carbocycles. The number of sulfone groups is 1. The lowest BCUT2D eigenvalue weighted by molar-refractivity contribution is 0.210. The van der Waals surface area contributed by atoms with E-state index in [1.807, 2.05) is 13.0 Å². The van der Waals surface area contributed by atoms with Crippen molar-refractivity contribution in [3.63, 3.8) is 0 Å². The predicted octanol–water partition coefficient (Wildman–Crippen LogP) is 3.78. The van der Waals surface area contributed by atoms with Gasteiger partial charge in [-0.3, -0.25) is 0 Å². The number of rotatable bonds is 4. The van der Waals surface area contributed by atoms with Crippen LogP contribution in [0.2, 0.25) is 0 Å². The molecule has 1 aromatic rings. The molecule has 0 heterocycles. The van der Waals surface area contributed by atoms with Crippen molar-refractivity contribution in [2.75, 3.05) is 6.54 Å². The highest BCUT2D eigenvalue weighted by Crippen LogP contribution is 2.41. The summed E-state index contributed by atoms with van der Waals surface area (Å²) in [6.45, 7) is 7.16. The Morgan fingerprint density at radius 3 is 2.62 bits per heavy atom. The zero-order valence-electron chi connectivity index (χ0n) is 12.9. The lowest BCUT2D eigenvalue weighted by Crippen LogP contribution is -2.50. The van der Waals surface area contributed by atoms with E-state index in [0.29, 0.717) is 15.8 Å². The van der Waals surface area contributed by atoms with Crippen molar-refractivity contribution < 1.29 is 8.42 Å². The van der Waals surface area contributed by atoms with Gasteiger partial charge in [0.05, 0.1) is 10.1 Å². The molecule has 1 N–H and O–H groups in total. The fourth-order valence-electron chi connectivity index (χ4n) is 3.18. The van der Waals surface area contributed by atoms with Gasteiger partial charge in [-0.2, -0.15) is 0 Å². The first-order valence-corrected chi connectivity index (χ1v) is 9.84. The largest absolute Gasteiger partial charge is 0.313 e. The number of halogens is 1. The van der Waals surface area contributed by atoms with E-state index >= 15 is 0 Å². The maximum atomic E-state index is 13.1. The first-order chi connectivity index (χ1) is 9.78. The van der Waals surface area contributed by atoms with Crippen LogP contribution in [0.15, 0.2) is 33.6 Å². The first-order valence-electron chi connectivity index (χ1n) is 7.50. The van der Waals surface area contributed by atoms with Crippen LogP contribution < -0.4 is 5.32 Å². The van der Waals surface area contributed by atoms with E-state index in [9.17, 15) is 8.42 Å². The van der Waals surface area contributed by atoms with Crippen molar-refractivity contribution in [3.8, 4) is 0 Å². The smallest absolute Gasteiger partial charge is 0.183 e. The molecule has 0 saturated heterocycles. The van der Waals surface area contributed by atoms with Gasteiger partial charge in [0.15, 0.2) is 9.84 Å². The van der Waals surface area contributed by atoms with Crippen LogP contribution >= 0.6 is 15.9 Å². The Morgan fingerprint density at radius 1 is 1.33 bits per heavy atom. The van der Waals surface area contributed by atoms with Crippen LogP contribution in [-0.2, 0) is 9.84 Å². The minimum absolute atomic E-state index is 0.0418. The molecular formula is C16H24BrNO2S. The van der Waals surface area contributed by atoms with Gasteiger partial charge in [0.2, 0.25) is 0 Å². The van der Waals surface area contributed by atoms with Gasteiger partial charge in [-0.25, -0.2) is 8.42 Å². The lowest BCUT2D eigenvalue weighted by atomic mass is 9.75. The Balaban J connectivity index is 2.41. The minimum Gasteiger partial charge on any atom is -0.313 e. The third-order valence-electron chi connectivity index (χ3n) is 4.34. The minimum atomic E-state index is -3.34. The van der Waals surface area contributed by atoms with Crippen molar-refractivity contribution in [3.05, 3.63) is 28.7 Å². The number of nitrogens with one attached hydrogen (secondary N) is 1. The van der Waals surface area contributed by atoms with Crippen molar-refractivity contribution in [2.24, 2.45) is 5.41 Å². The van der Waals surface area contributed by atoms with Crippen LogP contribution in [0.25, 0.3) is 0 Å². The summed E-state index contributed by atoms with van der Waals surface area (Å²) in [5.74, 6) is 0.